The molecule has 4 nitrogen and oxygen atoms in total. The van der Waals surface area contributed by atoms with Gasteiger partial charge >= 0.3 is 0 Å². The molecule has 0 atom stereocenters. The first kappa shape index (κ1) is 14.0. The fraction of sp³-hybridized carbons (Fsp3) is 0.533. The molecule has 0 aliphatic carbocycles. The van der Waals surface area contributed by atoms with Gasteiger partial charge in [0.2, 0.25) is 0 Å². The van der Waals surface area contributed by atoms with Crippen LogP contribution in [-0.4, -0.2) is 50.1 Å². The lowest BCUT2D eigenvalue weighted by Gasteiger charge is -2.17. The van der Waals surface area contributed by atoms with Gasteiger partial charge < -0.3 is 9.47 Å². The molecule has 1 aromatic carbocycles. The Morgan fingerprint density at radius 3 is 2.79 bits per heavy atom. The van der Waals surface area contributed by atoms with Gasteiger partial charge in [-0.2, -0.15) is 0 Å². The molecule has 1 aromatic rings. The van der Waals surface area contributed by atoms with Crippen LogP contribution < -0.4 is 4.74 Å². The molecule has 104 valence electrons. The normalized spacial score (nSPS) is 16.9. The van der Waals surface area contributed by atoms with Crippen LogP contribution in [0.5, 0.6) is 5.75 Å². The highest BCUT2D eigenvalue weighted by atomic mass is 16.5. The Labute approximate surface area is 114 Å². The smallest absolute Gasteiger partial charge is 0.176 e. The Bertz CT molecular complexity index is 394. The van der Waals surface area contributed by atoms with Crippen LogP contribution in [0.1, 0.15) is 23.7 Å². The molecule has 1 saturated heterocycles. The Morgan fingerprint density at radius 2 is 2.05 bits per heavy atom. The van der Waals surface area contributed by atoms with E-state index >= 15 is 0 Å². The van der Waals surface area contributed by atoms with Crippen molar-refractivity contribution in [2.75, 3.05) is 39.5 Å². The van der Waals surface area contributed by atoms with Crippen molar-refractivity contribution in [3.8, 4) is 5.75 Å². The third-order valence-electron chi connectivity index (χ3n) is 3.17. The molecule has 0 bridgehead atoms. The number of benzene rings is 1. The summed E-state index contributed by atoms with van der Waals surface area (Å²) >= 11 is 0. The molecule has 19 heavy (non-hydrogen) atoms. The van der Waals surface area contributed by atoms with E-state index < -0.39 is 0 Å². The van der Waals surface area contributed by atoms with Crippen molar-refractivity contribution in [2.45, 2.75) is 13.3 Å². The number of nitrogens with zero attached hydrogens (tertiary/aromatic N) is 1. The van der Waals surface area contributed by atoms with Crippen LogP contribution in [0.3, 0.4) is 0 Å². The van der Waals surface area contributed by atoms with Gasteiger partial charge in [-0.25, -0.2) is 0 Å². The summed E-state index contributed by atoms with van der Waals surface area (Å²) in [6.07, 6.45) is 0.997. The van der Waals surface area contributed by atoms with Crippen LogP contribution in [0.15, 0.2) is 24.3 Å². The molecule has 4 heteroatoms. The maximum absolute atomic E-state index is 12.2. The molecule has 1 aliphatic rings. The van der Waals surface area contributed by atoms with Gasteiger partial charge in [0.15, 0.2) is 5.78 Å². The highest BCUT2D eigenvalue weighted by Crippen LogP contribution is 2.13. The second-order valence-electron chi connectivity index (χ2n) is 4.62. The SMILES string of the molecule is CCOc1ccc(C(=O)CN2CCCOCC2)cc1. The van der Waals surface area contributed by atoms with Crippen molar-refractivity contribution in [1.29, 1.82) is 0 Å². The molecular weight excluding hydrogens is 242 g/mol. The Hall–Kier alpha value is -1.39. The number of ketones is 1. The van der Waals surface area contributed by atoms with E-state index in [1.165, 1.54) is 0 Å². The average molecular weight is 263 g/mol. The van der Waals surface area contributed by atoms with Crippen LogP contribution >= 0.6 is 0 Å². The summed E-state index contributed by atoms with van der Waals surface area (Å²) in [4.78, 5) is 14.3. The summed E-state index contributed by atoms with van der Waals surface area (Å²) in [5.74, 6) is 0.965. The van der Waals surface area contributed by atoms with Crippen LogP contribution in [-0.2, 0) is 4.74 Å². The molecule has 1 fully saturated rings. The van der Waals surface area contributed by atoms with E-state index in [-0.39, 0.29) is 5.78 Å². The molecule has 0 saturated carbocycles. The van der Waals surface area contributed by atoms with Crippen molar-refractivity contribution in [2.24, 2.45) is 0 Å². The zero-order chi connectivity index (χ0) is 13.5. The Morgan fingerprint density at radius 1 is 1.26 bits per heavy atom. The fourth-order valence-electron chi connectivity index (χ4n) is 2.15. The predicted octanol–water partition coefficient (Wildman–Crippen LogP) is 1.99. The third kappa shape index (κ3) is 4.33. The zero-order valence-corrected chi connectivity index (χ0v) is 11.4. The highest BCUT2D eigenvalue weighted by molar-refractivity contribution is 5.97. The van der Waals surface area contributed by atoms with Crippen molar-refractivity contribution in [3.05, 3.63) is 29.8 Å². The van der Waals surface area contributed by atoms with Crippen LogP contribution in [0, 0.1) is 0 Å². The number of hydrogen-bond acceptors (Lipinski definition) is 4. The molecule has 0 aromatic heterocycles. The first-order valence-corrected chi connectivity index (χ1v) is 6.85. The summed E-state index contributed by atoms with van der Waals surface area (Å²) in [5, 5.41) is 0. The molecule has 1 aliphatic heterocycles. The van der Waals surface area contributed by atoms with Gasteiger partial charge in [-0.1, -0.05) is 0 Å². The van der Waals surface area contributed by atoms with Crippen molar-refractivity contribution in [1.82, 2.24) is 4.90 Å². The van der Waals surface area contributed by atoms with Crippen LogP contribution in [0.25, 0.3) is 0 Å². The van der Waals surface area contributed by atoms with Crippen LogP contribution in [0.4, 0.5) is 0 Å². The largest absolute Gasteiger partial charge is 0.494 e. The first-order chi connectivity index (χ1) is 9.29. The van der Waals surface area contributed by atoms with E-state index in [0.29, 0.717) is 13.2 Å². The average Bonchev–Trinajstić information content (AvgIpc) is 2.68. The lowest BCUT2D eigenvalue weighted by atomic mass is 10.1. The third-order valence-corrected chi connectivity index (χ3v) is 3.17. The summed E-state index contributed by atoms with van der Waals surface area (Å²) in [6, 6.07) is 7.37. The quantitative estimate of drug-likeness (QED) is 0.762. The van der Waals surface area contributed by atoms with E-state index in [1.54, 1.807) is 0 Å². The topological polar surface area (TPSA) is 38.8 Å². The van der Waals surface area contributed by atoms with Crippen molar-refractivity contribution in [3.63, 3.8) is 0 Å². The maximum atomic E-state index is 12.2. The summed E-state index contributed by atoms with van der Waals surface area (Å²) in [6.45, 7) is 6.34. The van der Waals surface area contributed by atoms with E-state index in [0.717, 1.165) is 44.0 Å². The lowest BCUT2D eigenvalue weighted by Crippen LogP contribution is -2.32. The summed E-state index contributed by atoms with van der Waals surface area (Å²) < 4.78 is 10.8. The molecule has 0 N–H and O–H groups in total. The van der Waals surface area contributed by atoms with Gasteiger partial charge in [-0.15, -0.1) is 0 Å². The minimum Gasteiger partial charge on any atom is -0.494 e. The number of Topliss-reactive ketones (excluding diaryl/α,β-unsaturated/α-hetero) is 1. The van der Waals surface area contributed by atoms with Gasteiger partial charge in [0, 0.05) is 25.3 Å². The second-order valence-corrected chi connectivity index (χ2v) is 4.62. The van der Waals surface area contributed by atoms with Crippen molar-refractivity contribution < 1.29 is 14.3 Å². The van der Waals surface area contributed by atoms with Crippen molar-refractivity contribution >= 4 is 5.78 Å². The van der Waals surface area contributed by atoms with Gasteiger partial charge in [0.25, 0.3) is 0 Å². The molecule has 1 heterocycles. The Balaban J connectivity index is 1.91. The first-order valence-electron chi connectivity index (χ1n) is 6.85. The van der Waals surface area contributed by atoms with E-state index in [1.807, 2.05) is 31.2 Å². The molecule has 0 amide bonds. The minimum absolute atomic E-state index is 0.157. The highest BCUT2D eigenvalue weighted by Gasteiger charge is 2.14. The lowest BCUT2D eigenvalue weighted by molar-refractivity contribution is 0.0922. The van der Waals surface area contributed by atoms with Gasteiger partial charge in [-0.05, 0) is 37.6 Å². The molecule has 0 unspecified atom stereocenters. The second kappa shape index (κ2) is 7.26. The molecule has 0 spiro atoms. The van der Waals surface area contributed by atoms with E-state index in [4.69, 9.17) is 9.47 Å². The number of carbonyl (C=O) groups is 1. The molecule has 2 rings (SSSR count). The zero-order valence-electron chi connectivity index (χ0n) is 11.4. The number of carbonyl (C=O) groups excluding carboxylic acids is 1. The summed E-state index contributed by atoms with van der Waals surface area (Å²) in [7, 11) is 0. The summed E-state index contributed by atoms with van der Waals surface area (Å²) in [5.41, 5.74) is 0.744. The molecular formula is C15H21NO3. The van der Waals surface area contributed by atoms with E-state index in [2.05, 4.69) is 4.90 Å². The number of ether oxygens (including phenoxy) is 2. The molecule has 0 radical (unpaired) electrons. The predicted molar refractivity (Wildman–Crippen MR) is 73.8 cm³/mol. The Kier molecular flexibility index (Phi) is 5.36. The monoisotopic (exact) mass is 263 g/mol. The van der Waals surface area contributed by atoms with Gasteiger partial charge in [0.05, 0.1) is 19.8 Å². The van der Waals surface area contributed by atoms with Gasteiger partial charge in [-0.3, -0.25) is 9.69 Å². The van der Waals surface area contributed by atoms with E-state index in [9.17, 15) is 4.79 Å². The number of hydrogen-bond donors (Lipinski definition) is 0. The number of rotatable bonds is 5. The van der Waals surface area contributed by atoms with Gasteiger partial charge in [0.1, 0.15) is 5.75 Å². The minimum atomic E-state index is 0.157. The fourth-order valence-corrected chi connectivity index (χ4v) is 2.15. The van der Waals surface area contributed by atoms with Crippen LogP contribution in [0.2, 0.25) is 0 Å². The standard InChI is InChI=1S/C15H21NO3/c1-2-19-14-6-4-13(5-7-14)15(17)12-16-8-3-10-18-11-9-16/h4-7H,2-3,8-12H2,1H3. The maximum Gasteiger partial charge on any atom is 0.176 e.